The third kappa shape index (κ3) is 3.30. The minimum atomic E-state index is -0.215. The molecule has 1 aromatic carbocycles. The van der Waals surface area contributed by atoms with E-state index in [1.165, 1.54) is 0 Å². The van der Waals surface area contributed by atoms with Crippen molar-refractivity contribution in [2.75, 3.05) is 5.88 Å². The molecule has 19 heavy (non-hydrogen) atoms. The molecular formula is C16H22ClNO. The lowest BCUT2D eigenvalue weighted by atomic mass is 9.78. The molecule has 1 amide bonds. The van der Waals surface area contributed by atoms with Gasteiger partial charge in [-0.05, 0) is 50.2 Å². The maximum absolute atomic E-state index is 12.4. The van der Waals surface area contributed by atoms with Crippen LogP contribution in [0.1, 0.15) is 48.5 Å². The molecule has 2 nitrogen and oxygen atoms in total. The van der Waals surface area contributed by atoms with Gasteiger partial charge in [0.15, 0.2) is 0 Å². The van der Waals surface area contributed by atoms with Crippen molar-refractivity contribution in [2.45, 2.75) is 45.1 Å². The zero-order valence-electron chi connectivity index (χ0n) is 11.7. The lowest BCUT2D eigenvalue weighted by Gasteiger charge is -2.38. The molecule has 1 N–H and O–H groups in total. The van der Waals surface area contributed by atoms with E-state index >= 15 is 0 Å². The Morgan fingerprint density at radius 2 is 2.00 bits per heavy atom. The highest BCUT2D eigenvalue weighted by Gasteiger charge is 2.35. The molecule has 2 rings (SSSR count). The normalized spacial score (nSPS) is 27.0. The summed E-state index contributed by atoms with van der Waals surface area (Å²) < 4.78 is 0. The first kappa shape index (κ1) is 14.4. The molecule has 1 fully saturated rings. The lowest BCUT2D eigenvalue weighted by Crippen LogP contribution is -2.52. The Bertz CT molecular complexity index is 450. The summed E-state index contributed by atoms with van der Waals surface area (Å²) in [5.41, 5.74) is 1.55. The number of amides is 1. The highest BCUT2D eigenvalue weighted by Crippen LogP contribution is 2.33. The first-order chi connectivity index (χ1) is 9.06. The van der Waals surface area contributed by atoms with E-state index in [0.29, 0.717) is 5.88 Å². The molecule has 0 radical (unpaired) electrons. The molecule has 1 aliphatic rings. The first-order valence-electron chi connectivity index (χ1n) is 7.00. The summed E-state index contributed by atoms with van der Waals surface area (Å²) in [6, 6.07) is 7.69. The number of aryl methyl sites for hydroxylation is 1. The van der Waals surface area contributed by atoms with Crippen molar-refractivity contribution in [1.82, 2.24) is 5.32 Å². The predicted octanol–water partition coefficient (Wildman–Crippen LogP) is 3.91. The Kier molecular flexibility index (Phi) is 4.51. The van der Waals surface area contributed by atoms with Crippen LogP contribution in [0, 0.1) is 12.8 Å². The van der Waals surface area contributed by atoms with Gasteiger partial charge in [0.25, 0.3) is 5.91 Å². The highest BCUT2D eigenvalue weighted by atomic mass is 35.5. The molecule has 0 heterocycles. The van der Waals surface area contributed by atoms with Gasteiger partial charge < -0.3 is 5.32 Å². The number of carbonyl (C=O) groups is 1. The smallest absolute Gasteiger partial charge is 0.252 e. The molecule has 1 aromatic rings. The van der Waals surface area contributed by atoms with Crippen molar-refractivity contribution in [3.63, 3.8) is 0 Å². The maximum Gasteiger partial charge on any atom is 0.252 e. The number of rotatable bonds is 3. The van der Waals surface area contributed by atoms with Crippen LogP contribution in [0.5, 0.6) is 0 Å². The average Bonchev–Trinajstić information content (AvgIpc) is 2.42. The van der Waals surface area contributed by atoms with Gasteiger partial charge in [-0.25, -0.2) is 0 Å². The van der Waals surface area contributed by atoms with Gasteiger partial charge in [0.1, 0.15) is 0 Å². The van der Waals surface area contributed by atoms with Gasteiger partial charge in [-0.3, -0.25) is 4.79 Å². The Morgan fingerprint density at radius 1 is 1.37 bits per heavy atom. The second kappa shape index (κ2) is 5.96. The van der Waals surface area contributed by atoms with E-state index < -0.39 is 0 Å². The second-order valence-electron chi connectivity index (χ2n) is 5.87. The summed E-state index contributed by atoms with van der Waals surface area (Å²) in [6.45, 7) is 4.23. The van der Waals surface area contributed by atoms with Crippen LogP contribution in [0.15, 0.2) is 24.3 Å². The highest BCUT2D eigenvalue weighted by molar-refractivity contribution is 6.19. The fraction of sp³-hybridized carbons (Fsp3) is 0.562. The summed E-state index contributed by atoms with van der Waals surface area (Å²) in [6.07, 6.45) is 4.24. The van der Waals surface area contributed by atoms with Crippen LogP contribution in [0.4, 0.5) is 0 Å². The van der Waals surface area contributed by atoms with E-state index in [2.05, 4.69) is 12.2 Å². The van der Waals surface area contributed by atoms with Crippen LogP contribution >= 0.6 is 11.6 Å². The third-order valence-electron chi connectivity index (χ3n) is 4.26. The standard InChI is InChI=1S/C16H22ClNO/c1-12-7-9-16(11-17,10-8-12)18-15(19)14-6-4-3-5-13(14)2/h3-6,12H,7-11H2,1-2H3,(H,18,19). The fourth-order valence-electron chi connectivity index (χ4n) is 2.74. The molecule has 0 unspecified atom stereocenters. The van der Waals surface area contributed by atoms with Crippen molar-refractivity contribution in [2.24, 2.45) is 5.92 Å². The summed E-state index contributed by atoms with van der Waals surface area (Å²) in [5, 5.41) is 3.19. The van der Waals surface area contributed by atoms with Gasteiger partial charge in [0, 0.05) is 11.4 Å². The zero-order chi connectivity index (χ0) is 13.9. The van der Waals surface area contributed by atoms with Crippen LogP contribution in [-0.2, 0) is 0 Å². The lowest BCUT2D eigenvalue weighted by molar-refractivity contribution is 0.0872. The third-order valence-corrected chi connectivity index (χ3v) is 4.77. The van der Waals surface area contributed by atoms with Gasteiger partial charge in [0.2, 0.25) is 0 Å². The minimum absolute atomic E-state index is 0.00769. The van der Waals surface area contributed by atoms with E-state index in [1.54, 1.807) is 0 Å². The summed E-state index contributed by atoms with van der Waals surface area (Å²) in [4.78, 5) is 12.4. The molecule has 0 aliphatic heterocycles. The number of hydrogen-bond acceptors (Lipinski definition) is 1. The zero-order valence-corrected chi connectivity index (χ0v) is 12.5. The van der Waals surface area contributed by atoms with Gasteiger partial charge in [0.05, 0.1) is 5.54 Å². The molecule has 0 aromatic heterocycles. The van der Waals surface area contributed by atoms with Crippen molar-refractivity contribution in [3.05, 3.63) is 35.4 Å². The molecule has 0 spiro atoms. The van der Waals surface area contributed by atoms with Crippen LogP contribution in [0.2, 0.25) is 0 Å². The van der Waals surface area contributed by atoms with Crippen LogP contribution in [0.25, 0.3) is 0 Å². The number of carbonyl (C=O) groups excluding carboxylic acids is 1. The molecule has 1 aliphatic carbocycles. The van der Waals surface area contributed by atoms with E-state index in [1.807, 2.05) is 31.2 Å². The van der Waals surface area contributed by atoms with E-state index in [9.17, 15) is 4.79 Å². The molecule has 104 valence electrons. The number of alkyl halides is 1. The number of benzene rings is 1. The molecular weight excluding hydrogens is 258 g/mol. The Morgan fingerprint density at radius 3 is 2.58 bits per heavy atom. The molecule has 0 bridgehead atoms. The van der Waals surface area contributed by atoms with Crippen molar-refractivity contribution < 1.29 is 4.79 Å². The number of halogens is 1. The molecule has 3 heteroatoms. The SMILES string of the molecule is Cc1ccccc1C(=O)NC1(CCl)CCC(C)CC1. The largest absolute Gasteiger partial charge is 0.345 e. The number of nitrogens with one attached hydrogen (secondary N) is 1. The summed E-state index contributed by atoms with van der Waals surface area (Å²) in [7, 11) is 0. The summed E-state index contributed by atoms with van der Waals surface area (Å²) in [5.74, 6) is 1.25. The monoisotopic (exact) mass is 279 g/mol. The van der Waals surface area contributed by atoms with Crippen molar-refractivity contribution in [1.29, 1.82) is 0 Å². The van der Waals surface area contributed by atoms with E-state index in [-0.39, 0.29) is 11.4 Å². The van der Waals surface area contributed by atoms with Gasteiger partial charge in [-0.15, -0.1) is 11.6 Å². The Balaban J connectivity index is 2.11. The predicted molar refractivity (Wildman–Crippen MR) is 79.7 cm³/mol. The molecule has 0 atom stereocenters. The first-order valence-corrected chi connectivity index (χ1v) is 7.54. The Labute approximate surface area is 120 Å². The minimum Gasteiger partial charge on any atom is -0.345 e. The maximum atomic E-state index is 12.4. The summed E-state index contributed by atoms with van der Waals surface area (Å²) >= 11 is 6.14. The van der Waals surface area contributed by atoms with Gasteiger partial charge in [-0.1, -0.05) is 25.1 Å². The van der Waals surface area contributed by atoms with Gasteiger partial charge >= 0.3 is 0 Å². The Hall–Kier alpha value is -1.02. The van der Waals surface area contributed by atoms with Crippen LogP contribution in [-0.4, -0.2) is 17.3 Å². The number of hydrogen-bond donors (Lipinski definition) is 1. The van der Waals surface area contributed by atoms with Crippen LogP contribution < -0.4 is 5.32 Å². The average molecular weight is 280 g/mol. The van der Waals surface area contributed by atoms with Crippen LogP contribution in [0.3, 0.4) is 0 Å². The van der Waals surface area contributed by atoms with Crippen molar-refractivity contribution in [3.8, 4) is 0 Å². The quantitative estimate of drug-likeness (QED) is 0.835. The molecule has 1 saturated carbocycles. The van der Waals surface area contributed by atoms with E-state index in [4.69, 9.17) is 11.6 Å². The van der Waals surface area contributed by atoms with Crippen molar-refractivity contribution >= 4 is 17.5 Å². The van der Waals surface area contributed by atoms with E-state index in [0.717, 1.165) is 42.7 Å². The fourth-order valence-corrected chi connectivity index (χ4v) is 3.08. The molecule has 0 saturated heterocycles. The topological polar surface area (TPSA) is 29.1 Å². The van der Waals surface area contributed by atoms with Gasteiger partial charge in [-0.2, -0.15) is 0 Å². The second-order valence-corrected chi connectivity index (χ2v) is 6.13.